The van der Waals surface area contributed by atoms with E-state index in [4.69, 9.17) is 15.2 Å². The van der Waals surface area contributed by atoms with Gasteiger partial charge >= 0.3 is 0 Å². The molecule has 1 heterocycles. The number of thioether (sulfide) groups is 1. The third kappa shape index (κ3) is 4.71. The van der Waals surface area contributed by atoms with Gasteiger partial charge in [-0.3, -0.25) is 4.79 Å². The van der Waals surface area contributed by atoms with Crippen LogP contribution in [0.25, 0.3) is 0 Å². The number of hydrogen-bond donors (Lipinski definition) is 2. The summed E-state index contributed by atoms with van der Waals surface area (Å²) in [5.74, 6) is 2.43. The van der Waals surface area contributed by atoms with Crippen LogP contribution >= 0.6 is 11.8 Å². The SMILES string of the molecule is COc1ccccc1OCCCSc1nc(N)cc(=O)[nH]1. The number of ether oxygens (including phenoxy) is 2. The first-order valence-corrected chi connectivity index (χ1v) is 7.43. The summed E-state index contributed by atoms with van der Waals surface area (Å²) in [4.78, 5) is 17.9. The first-order chi connectivity index (χ1) is 10.2. The Labute approximate surface area is 126 Å². The maximum Gasteiger partial charge on any atom is 0.253 e. The van der Waals surface area contributed by atoms with E-state index in [1.165, 1.54) is 17.8 Å². The van der Waals surface area contributed by atoms with Gasteiger partial charge in [0.05, 0.1) is 13.7 Å². The molecular formula is C14H17N3O3S. The fourth-order valence-corrected chi connectivity index (χ4v) is 2.47. The number of benzene rings is 1. The van der Waals surface area contributed by atoms with E-state index in [-0.39, 0.29) is 11.4 Å². The molecule has 1 aromatic heterocycles. The molecule has 0 fully saturated rings. The maximum absolute atomic E-state index is 11.2. The third-order valence-electron chi connectivity index (χ3n) is 2.59. The lowest BCUT2D eigenvalue weighted by Gasteiger charge is -2.09. The fourth-order valence-electron chi connectivity index (χ4n) is 1.67. The van der Waals surface area contributed by atoms with E-state index >= 15 is 0 Å². The van der Waals surface area contributed by atoms with E-state index in [0.717, 1.165) is 17.9 Å². The number of methoxy groups -OCH3 is 1. The van der Waals surface area contributed by atoms with E-state index in [1.54, 1.807) is 7.11 Å². The molecule has 0 spiro atoms. The van der Waals surface area contributed by atoms with Crippen molar-refractivity contribution in [3.8, 4) is 11.5 Å². The van der Waals surface area contributed by atoms with Gasteiger partial charge in [0.15, 0.2) is 16.7 Å². The summed E-state index contributed by atoms with van der Waals surface area (Å²) in [6.45, 7) is 0.555. The zero-order valence-electron chi connectivity index (χ0n) is 11.7. The number of nitrogen functional groups attached to an aromatic ring is 1. The summed E-state index contributed by atoms with van der Waals surface area (Å²) in [6.07, 6.45) is 0.807. The van der Waals surface area contributed by atoms with Gasteiger partial charge in [0, 0.05) is 11.8 Å². The number of aromatic nitrogens is 2. The molecule has 112 valence electrons. The number of nitrogens with one attached hydrogen (secondary N) is 1. The van der Waals surface area contributed by atoms with Gasteiger partial charge in [0.1, 0.15) is 5.82 Å². The molecule has 0 bridgehead atoms. The Bertz CT molecular complexity index is 645. The minimum atomic E-state index is -0.240. The third-order valence-corrected chi connectivity index (χ3v) is 3.55. The fraction of sp³-hybridized carbons (Fsp3) is 0.286. The van der Waals surface area contributed by atoms with Gasteiger partial charge in [0.25, 0.3) is 5.56 Å². The highest BCUT2D eigenvalue weighted by Crippen LogP contribution is 2.26. The minimum absolute atomic E-state index is 0.228. The summed E-state index contributed by atoms with van der Waals surface area (Å²) < 4.78 is 10.9. The van der Waals surface area contributed by atoms with Crippen LogP contribution in [-0.4, -0.2) is 29.4 Å². The molecule has 2 aromatic rings. The molecule has 6 nitrogen and oxygen atoms in total. The predicted molar refractivity (Wildman–Crippen MR) is 83.1 cm³/mol. The van der Waals surface area contributed by atoms with Gasteiger partial charge < -0.3 is 20.2 Å². The van der Waals surface area contributed by atoms with Crippen LogP contribution in [-0.2, 0) is 0 Å². The van der Waals surface area contributed by atoms with Crippen LogP contribution < -0.4 is 20.8 Å². The first-order valence-electron chi connectivity index (χ1n) is 6.44. The number of H-pyrrole nitrogens is 1. The summed E-state index contributed by atoms with van der Waals surface area (Å²) in [7, 11) is 1.61. The highest BCUT2D eigenvalue weighted by molar-refractivity contribution is 7.99. The van der Waals surface area contributed by atoms with E-state index in [2.05, 4.69) is 9.97 Å². The number of hydrogen-bond acceptors (Lipinski definition) is 6. The van der Waals surface area contributed by atoms with Gasteiger partial charge in [-0.2, -0.15) is 0 Å². The largest absolute Gasteiger partial charge is 0.493 e. The molecule has 0 amide bonds. The van der Waals surface area contributed by atoms with Crippen molar-refractivity contribution >= 4 is 17.6 Å². The van der Waals surface area contributed by atoms with Gasteiger partial charge in [-0.1, -0.05) is 23.9 Å². The van der Waals surface area contributed by atoms with Crippen LogP contribution in [0.5, 0.6) is 11.5 Å². The number of rotatable bonds is 7. The molecule has 0 aliphatic heterocycles. The molecule has 0 aliphatic carbocycles. The Morgan fingerprint density at radius 1 is 1.33 bits per heavy atom. The molecule has 0 saturated carbocycles. The molecule has 0 radical (unpaired) electrons. The number of nitrogens with two attached hydrogens (primary N) is 1. The lowest BCUT2D eigenvalue weighted by atomic mass is 10.3. The maximum atomic E-state index is 11.2. The highest BCUT2D eigenvalue weighted by atomic mass is 32.2. The zero-order valence-corrected chi connectivity index (χ0v) is 12.5. The van der Waals surface area contributed by atoms with E-state index in [0.29, 0.717) is 17.5 Å². The van der Waals surface area contributed by atoms with Crippen LogP contribution in [0.15, 0.2) is 40.3 Å². The first kappa shape index (κ1) is 15.2. The van der Waals surface area contributed by atoms with Gasteiger partial charge in [-0.15, -0.1) is 0 Å². The Kier molecular flexibility index (Phi) is 5.51. The minimum Gasteiger partial charge on any atom is -0.493 e. The summed E-state index contributed by atoms with van der Waals surface area (Å²) >= 11 is 1.44. The molecule has 0 atom stereocenters. The Morgan fingerprint density at radius 2 is 2.10 bits per heavy atom. The number of anilines is 1. The van der Waals surface area contributed by atoms with E-state index < -0.39 is 0 Å². The van der Waals surface area contributed by atoms with Gasteiger partial charge in [0.2, 0.25) is 0 Å². The van der Waals surface area contributed by atoms with Crippen molar-refractivity contribution in [2.24, 2.45) is 0 Å². The Morgan fingerprint density at radius 3 is 2.81 bits per heavy atom. The second-order valence-corrected chi connectivity index (χ2v) is 5.26. The van der Waals surface area contributed by atoms with Crippen LogP contribution in [0.1, 0.15) is 6.42 Å². The van der Waals surface area contributed by atoms with Crippen LogP contribution in [0.4, 0.5) is 5.82 Å². The predicted octanol–water partition coefficient (Wildman–Crippen LogP) is 1.92. The second-order valence-electron chi connectivity index (χ2n) is 4.18. The molecule has 0 aliphatic rings. The van der Waals surface area contributed by atoms with E-state index in [9.17, 15) is 4.79 Å². The van der Waals surface area contributed by atoms with Crippen LogP contribution in [0, 0.1) is 0 Å². The lowest BCUT2D eigenvalue weighted by molar-refractivity contribution is 0.295. The van der Waals surface area contributed by atoms with Gasteiger partial charge in [-0.25, -0.2) is 4.98 Å². The lowest BCUT2D eigenvalue weighted by Crippen LogP contribution is -2.09. The molecule has 7 heteroatoms. The summed E-state index contributed by atoms with van der Waals surface area (Å²) in [6, 6.07) is 8.76. The van der Waals surface area contributed by atoms with Crippen molar-refractivity contribution < 1.29 is 9.47 Å². The molecule has 2 rings (SSSR count). The zero-order chi connectivity index (χ0) is 15.1. The second kappa shape index (κ2) is 7.58. The quantitative estimate of drug-likeness (QED) is 0.461. The van der Waals surface area contributed by atoms with Crippen LogP contribution in [0.3, 0.4) is 0 Å². The average molecular weight is 307 g/mol. The van der Waals surface area contributed by atoms with E-state index in [1.807, 2.05) is 24.3 Å². The molecule has 1 aromatic carbocycles. The Hall–Kier alpha value is -2.15. The van der Waals surface area contributed by atoms with Crippen molar-refractivity contribution in [1.29, 1.82) is 0 Å². The molecule has 0 unspecified atom stereocenters. The van der Waals surface area contributed by atoms with Crippen molar-refractivity contribution in [3.63, 3.8) is 0 Å². The molecule has 3 N–H and O–H groups in total. The monoisotopic (exact) mass is 307 g/mol. The molecule has 21 heavy (non-hydrogen) atoms. The number of nitrogens with zero attached hydrogens (tertiary/aromatic N) is 1. The molecular weight excluding hydrogens is 290 g/mol. The highest BCUT2D eigenvalue weighted by Gasteiger charge is 2.03. The van der Waals surface area contributed by atoms with Crippen LogP contribution in [0.2, 0.25) is 0 Å². The molecule has 0 saturated heterocycles. The normalized spacial score (nSPS) is 10.3. The van der Waals surface area contributed by atoms with Gasteiger partial charge in [-0.05, 0) is 18.6 Å². The Balaban J connectivity index is 1.76. The van der Waals surface area contributed by atoms with Crippen molar-refractivity contribution in [2.75, 3.05) is 25.2 Å². The summed E-state index contributed by atoms with van der Waals surface area (Å²) in [5.41, 5.74) is 5.27. The number of aromatic amines is 1. The average Bonchev–Trinajstić information content (AvgIpc) is 2.46. The van der Waals surface area contributed by atoms with Crippen molar-refractivity contribution in [1.82, 2.24) is 9.97 Å². The topological polar surface area (TPSA) is 90.2 Å². The standard InChI is InChI=1S/C14H17N3O3S/c1-19-10-5-2-3-6-11(10)20-7-4-8-21-14-16-12(15)9-13(18)17-14/h2-3,5-6,9H,4,7-8H2,1H3,(H3,15,16,17,18). The summed E-state index contributed by atoms with van der Waals surface area (Å²) in [5, 5.41) is 0.525. The smallest absolute Gasteiger partial charge is 0.253 e. The van der Waals surface area contributed by atoms with Crippen molar-refractivity contribution in [3.05, 3.63) is 40.7 Å². The van der Waals surface area contributed by atoms with Crippen molar-refractivity contribution in [2.45, 2.75) is 11.6 Å². The number of para-hydroxylation sites is 2.